The van der Waals surface area contributed by atoms with Gasteiger partial charge in [-0.05, 0) is 75.9 Å². The van der Waals surface area contributed by atoms with Gasteiger partial charge in [0.25, 0.3) is 8.32 Å². The number of rotatable bonds is 16. The monoisotopic (exact) mass is 828 g/mol. The highest BCUT2D eigenvalue weighted by Crippen LogP contribution is 2.52. The predicted octanol–water partition coefficient (Wildman–Crippen LogP) is 8.15. The summed E-state index contributed by atoms with van der Waals surface area (Å²) in [6.07, 6.45) is -0.520. The number of amides is 2. The standard InChI is InChI=1S/C43H64N2O12Si/c1-16-19-53-39-32-28(21-25(4)37(39)51-13)22-29(24-55-27(6)46)45(41(50)54-20-17-2)34(32)33(44-40(49)56-42(7,8)9)36(48)30-23-31(38(52-14)26(5)35(30)47)57-58(15,18-3)43(10,11)12/h16-17,21,23,29,33-34,36,47-48H,1-2,18-20,22,24H2,3-15H3,(H,44,49)/t29-,33+,34+,36+,58?/m0/s1. The molecule has 5 atom stereocenters. The number of carbonyl (C=O) groups is 3. The number of aliphatic hydroxyl groups excluding tert-OH is 1. The van der Waals surface area contributed by atoms with Crippen molar-refractivity contribution in [2.75, 3.05) is 34.0 Å². The van der Waals surface area contributed by atoms with Gasteiger partial charge in [-0.15, -0.1) is 0 Å². The summed E-state index contributed by atoms with van der Waals surface area (Å²) in [5, 5.41) is 27.4. The number of aliphatic hydroxyl groups is 1. The minimum absolute atomic E-state index is 0.0243. The quantitative estimate of drug-likeness (QED) is 0.0643. The van der Waals surface area contributed by atoms with E-state index in [1.54, 1.807) is 33.8 Å². The van der Waals surface area contributed by atoms with E-state index < -0.39 is 56.3 Å². The first-order valence-corrected chi connectivity index (χ1v) is 22.0. The third-order valence-electron chi connectivity index (χ3n) is 10.5. The molecule has 2 aromatic carbocycles. The minimum atomic E-state index is -2.56. The fraction of sp³-hybridized carbons (Fsp3) is 0.558. The molecule has 0 fully saturated rings. The lowest BCUT2D eigenvalue weighted by molar-refractivity contribution is -0.143. The molecule has 0 saturated heterocycles. The van der Waals surface area contributed by atoms with Crippen molar-refractivity contribution in [2.24, 2.45) is 0 Å². The normalized spacial score (nSPS) is 17.4. The van der Waals surface area contributed by atoms with E-state index in [9.17, 15) is 24.6 Å². The van der Waals surface area contributed by atoms with Crippen LogP contribution in [0.25, 0.3) is 0 Å². The molecule has 322 valence electrons. The summed E-state index contributed by atoms with van der Waals surface area (Å²) >= 11 is 0. The van der Waals surface area contributed by atoms with Gasteiger partial charge >= 0.3 is 18.2 Å². The van der Waals surface area contributed by atoms with Crippen LogP contribution in [0.4, 0.5) is 9.59 Å². The van der Waals surface area contributed by atoms with Crippen molar-refractivity contribution in [2.45, 2.75) is 123 Å². The SMILES string of the molecule is C=CCOC(=O)N1[C@H](COC(C)=O)Cc2cc(C)c(OC)c(OCC=C)c2[C@@H]1[C@@H](NC(=O)OC(C)(C)C)[C@H](O)c1cc(O[Si](C)(CC)C(C)(C)C)c(OC)c(C)c1O. The summed E-state index contributed by atoms with van der Waals surface area (Å²) in [5.41, 5.74) is 0.954. The Morgan fingerprint density at radius 3 is 2.14 bits per heavy atom. The largest absolute Gasteiger partial charge is 0.541 e. The molecule has 3 N–H and O–H groups in total. The number of carbonyl (C=O) groups excluding carboxylic acids is 3. The molecule has 0 aliphatic carbocycles. The fourth-order valence-electron chi connectivity index (χ4n) is 7.08. The first-order valence-electron chi connectivity index (χ1n) is 19.4. The van der Waals surface area contributed by atoms with E-state index in [-0.39, 0.29) is 59.7 Å². The summed E-state index contributed by atoms with van der Waals surface area (Å²) < 4.78 is 41.7. The number of hydrogen-bond donors (Lipinski definition) is 3. The van der Waals surface area contributed by atoms with Gasteiger partial charge in [-0.2, -0.15) is 0 Å². The fourth-order valence-corrected chi connectivity index (χ4v) is 9.23. The Bertz CT molecular complexity index is 1830. The molecule has 1 aliphatic heterocycles. The van der Waals surface area contributed by atoms with E-state index >= 15 is 0 Å². The molecule has 2 aromatic rings. The second-order valence-electron chi connectivity index (χ2n) is 16.6. The Balaban J connectivity index is 2.56. The lowest BCUT2D eigenvalue weighted by atomic mass is 9.80. The van der Waals surface area contributed by atoms with Crippen molar-refractivity contribution in [1.29, 1.82) is 0 Å². The van der Waals surface area contributed by atoms with Crippen LogP contribution in [0.2, 0.25) is 17.6 Å². The van der Waals surface area contributed by atoms with E-state index in [1.807, 2.05) is 13.0 Å². The summed E-state index contributed by atoms with van der Waals surface area (Å²) in [7, 11) is 0.378. The number of methoxy groups -OCH3 is 2. The molecule has 2 amide bonds. The number of hydrogen-bond acceptors (Lipinski definition) is 12. The highest BCUT2D eigenvalue weighted by Gasteiger charge is 2.50. The zero-order valence-corrected chi connectivity index (χ0v) is 37.5. The molecule has 1 aliphatic rings. The molecule has 0 spiro atoms. The maximum atomic E-state index is 14.4. The molecule has 0 radical (unpaired) electrons. The highest BCUT2D eigenvalue weighted by molar-refractivity contribution is 6.76. The maximum absolute atomic E-state index is 14.4. The molecule has 0 saturated carbocycles. The Morgan fingerprint density at radius 1 is 1.00 bits per heavy atom. The third-order valence-corrected chi connectivity index (χ3v) is 15.7. The topological polar surface area (TPSA) is 172 Å². The Kier molecular flexibility index (Phi) is 15.8. The number of alkyl carbamates (subject to hydrolysis) is 1. The maximum Gasteiger partial charge on any atom is 0.411 e. The van der Waals surface area contributed by atoms with Crippen LogP contribution in [-0.4, -0.2) is 93.3 Å². The third kappa shape index (κ3) is 10.6. The highest BCUT2D eigenvalue weighted by atomic mass is 28.4. The number of aryl methyl sites for hydroxylation is 1. The van der Waals surface area contributed by atoms with Gasteiger partial charge in [-0.3, -0.25) is 9.69 Å². The number of nitrogens with one attached hydrogen (secondary N) is 1. The van der Waals surface area contributed by atoms with E-state index in [2.05, 4.69) is 52.7 Å². The van der Waals surface area contributed by atoms with Crippen LogP contribution in [0.15, 0.2) is 37.4 Å². The predicted molar refractivity (Wildman–Crippen MR) is 224 cm³/mol. The van der Waals surface area contributed by atoms with Gasteiger partial charge in [0.05, 0.1) is 32.3 Å². The smallest absolute Gasteiger partial charge is 0.411 e. The van der Waals surface area contributed by atoms with Crippen molar-refractivity contribution < 1.29 is 57.4 Å². The zero-order chi connectivity index (χ0) is 43.9. The molecule has 3 rings (SSSR count). The Labute approximate surface area is 344 Å². The van der Waals surface area contributed by atoms with E-state index in [0.29, 0.717) is 28.2 Å². The summed E-state index contributed by atoms with van der Waals surface area (Å²) in [6, 6.07) is 0.340. The van der Waals surface area contributed by atoms with Crippen LogP contribution in [-0.2, 0) is 25.4 Å². The summed E-state index contributed by atoms with van der Waals surface area (Å²) in [6.45, 7) is 27.3. The van der Waals surface area contributed by atoms with Crippen LogP contribution in [0.1, 0.15) is 95.4 Å². The van der Waals surface area contributed by atoms with Crippen molar-refractivity contribution in [1.82, 2.24) is 10.2 Å². The number of fused-ring (bicyclic) bond motifs is 1. The molecule has 1 heterocycles. The van der Waals surface area contributed by atoms with Gasteiger partial charge in [-0.25, -0.2) is 9.59 Å². The number of ether oxygens (including phenoxy) is 6. The Morgan fingerprint density at radius 2 is 1.62 bits per heavy atom. The van der Waals surface area contributed by atoms with Gasteiger partial charge in [0.15, 0.2) is 17.2 Å². The van der Waals surface area contributed by atoms with Gasteiger partial charge in [-0.1, -0.05) is 59.1 Å². The second kappa shape index (κ2) is 19.2. The number of benzene rings is 2. The van der Waals surface area contributed by atoms with Crippen molar-refractivity contribution in [3.63, 3.8) is 0 Å². The molecular formula is C43H64N2O12Si. The van der Waals surface area contributed by atoms with Crippen molar-refractivity contribution in [3.05, 3.63) is 65.3 Å². The summed E-state index contributed by atoms with van der Waals surface area (Å²) in [4.78, 5) is 41.9. The van der Waals surface area contributed by atoms with Gasteiger partial charge < -0.3 is 48.4 Å². The molecule has 1 unspecified atom stereocenters. The van der Waals surface area contributed by atoms with Gasteiger partial charge in [0, 0.05) is 23.6 Å². The molecule has 0 bridgehead atoms. The second-order valence-corrected chi connectivity index (χ2v) is 21.5. The van der Waals surface area contributed by atoms with E-state index in [1.165, 1.54) is 38.2 Å². The van der Waals surface area contributed by atoms with Crippen LogP contribution in [0, 0.1) is 13.8 Å². The molecule has 14 nitrogen and oxygen atoms in total. The van der Waals surface area contributed by atoms with Crippen LogP contribution < -0.4 is 24.0 Å². The molecule has 15 heteroatoms. The van der Waals surface area contributed by atoms with Crippen LogP contribution in [0.3, 0.4) is 0 Å². The lowest BCUT2D eigenvalue weighted by Crippen LogP contribution is -2.58. The van der Waals surface area contributed by atoms with E-state index in [0.717, 1.165) is 6.04 Å². The van der Waals surface area contributed by atoms with Gasteiger partial charge in [0.1, 0.15) is 43.0 Å². The minimum Gasteiger partial charge on any atom is -0.541 e. The average molecular weight is 829 g/mol. The first kappa shape index (κ1) is 47.5. The van der Waals surface area contributed by atoms with Crippen LogP contribution in [0.5, 0.6) is 28.7 Å². The van der Waals surface area contributed by atoms with Crippen molar-refractivity contribution >= 4 is 26.5 Å². The zero-order valence-electron chi connectivity index (χ0n) is 36.5. The lowest BCUT2D eigenvalue weighted by Gasteiger charge is -2.47. The molecule has 0 aromatic heterocycles. The van der Waals surface area contributed by atoms with E-state index in [4.69, 9.17) is 32.8 Å². The average Bonchev–Trinajstić information content (AvgIpc) is 3.13. The molecular weight excluding hydrogens is 765 g/mol. The number of nitrogens with zero attached hydrogens (tertiary/aromatic N) is 1. The van der Waals surface area contributed by atoms with Crippen molar-refractivity contribution in [3.8, 4) is 28.7 Å². The number of esters is 1. The Hall–Kier alpha value is -4.89. The number of phenolic OH excluding ortho intramolecular Hbond substituents is 1. The van der Waals surface area contributed by atoms with Crippen LogP contribution >= 0.6 is 0 Å². The first-order chi connectivity index (χ1) is 27.0. The molecule has 58 heavy (non-hydrogen) atoms. The number of phenols is 1. The van der Waals surface area contributed by atoms with Gasteiger partial charge in [0.2, 0.25) is 0 Å². The number of aromatic hydroxyl groups is 1. The summed E-state index contributed by atoms with van der Waals surface area (Å²) in [5.74, 6) is 0.198.